The number of phenolic OH excluding ortho intramolecular Hbond substituents is 1. The number of benzene rings is 2. The van der Waals surface area contributed by atoms with E-state index in [0.717, 1.165) is 0 Å². The summed E-state index contributed by atoms with van der Waals surface area (Å²) in [5.74, 6) is 0.690. The van der Waals surface area contributed by atoms with Crippen LogP contribution < -0.4 is 28.4 Å². The first-order chi connectivity index (χ1) is 15.0. The molecule has 31 heavy (non-hydrogen) atoms. The van der Waals surface area contributed by atoms with E-state index >= 15 is 0 Å². The molecule has 3 N–H and O–H groups in total. The molecule has 1 heterocycles. The molecule has 2 aromatic rings. The van der Waals surface area contributed by atoms with Crippen molar-refractivity contribution in [2.24, 2.45) is 5.92 Å². The molecule has 0 saturated carbocycles. The van der Waals surface area contributed by atoms with Crippen molar-refractivity contribution >= 4 is 0 Å². The van der Waals surface area contributed by atoms with Crippen molar-refractivity contribution in [2.45, 2.75) is 12.0 Å². The summed E-state index contributed by atoms with van der Waals surface area (Å²) >= 11 is 0. The van der Waals surface area contributed by atoms with Gasteiger partial charge in [-0.3, -0.25) is 0 Å². The molecule has 9 heteroatoms. The first kappa shape index (κ1) is 22.6. The van der Waals surface area contributed by atoms with Crippen LogP contribution >= 0.6 is 0 Å². The van der Waals surface area contributed by atoms with Crippen LogP contribution in [0, 0.1) is 5.92 Å². The minimum absolute atomic E-state index is 0.156. The lowest BCUT2D eigenvalue weighted by Gasteiger charge is -2.39. The third kappa shape index (κ3) is 3.75. The Morgan fingerprint density at radius 3 is 1.81 bits per heavy atom. The SMILES string of the molecule is COc1cc2c(c(OC)c1O)C(c1cc(OC)c(OC)c(OC)c1)C(CO)C(CO)O2. The van der Waals surface area contributed by atoms with Crippen LogP contribution in [0.3, 0.4) is 0 Å². The fourth-order valence-corrected chi connectivity index (χ4v) is 4.14. The molecular formula is C22H28O9. The van der Waals surface area contributed by atoms with Crippen molar-refractivity contribution in [2.75, 3.05) is 48.8 Å². The molecule has 0 aliphatic carbocycles. The molecule has 0 bridgehead atoms. The van der Waals surface area contributed by atoms with E-state index in [2.05, 4.69) is 0 Å². The topological polar surface area (TPSA) is 116 Å². The molecule has 3 unspecified atom stereocenters. The number of hydrogen-bond acceptors (Lipinski definition) is 9. The zero-order valence-electron chi connectivity index (χ0n) is 18.2. The average molecular weight is 436 g/mol. The lowest BCUT2D eigenvalue weighted by molar-refractivity contribution is 0.0177. The van der Waals surface area contributed by atoms with E-state index in [4.69, 9.17) is 28.4 Å². The van der Waals surface area contributed by atoms with E-state index in [1.165, 1.54) is 41.6 Å². The number of hydrogen-bond donors (Lipinski definition) is 3. The van der Waals surface area contributed by atoms with E-state index in [9.17, 15) is 15.3 Å². The molecule has 0 amide bonds. The molecule has 3 atom stereocenters. The summed E-state index contributed by atoms with van der Waals surface area (Å²) < 4.78 is 33.1. The first-order valence-corrected chi connectivity index (χ1v) is 9.65. The Morgan fingerprint density at radius 2 is 1.35 bits per heavy atom. The summed E-state index contributed by atoms with van der Waals surface area (Å²) in [5.41, 5.74) is 1.21. The monoisotopic (exact) mass is 436 g/mol. The van der Waals surface area contributed by atoms with E-state index in [-0.39, 0.29) is 30.5 Å². The van der Waals surface area contributed by atoms with E-state index in [0.29, 0.717) is 34.1 Å². The van der Waals surface area contributed by atoms with Crippen molar-refractivity contribution < 1.29 is 43.7 Å². The highest BCUT2D eigenvalue weighted by molar-refractivity contribution is 5.66. The van der Waals surface area contributed by atoms with Crippen LogP contribution in [0.1, 0.15) is 17.0 Å². The summed E-state index contributed by atoms with van der Waals surface area (Å²) in [6.45, 7) is -0.612. The Bertz CT molecular complexity index is 903. The predicted octanol–water partition coefficient (Wildman–Crippen LogP) is 1.93. The number of fused-ring (bicyclic) bond motifs is 1. The van der Waals surface area contributed by atoms with Gasteiger partial charge in [0.25, 0.3) is 0 Å². The van der Waals surface area contributed by atoms with Gasteiger partial charge >= 0.3 is 0 Å². The Morgan fingerprint density at radius 1 is 0.774 bits per heavy atom. The van der Waals surface area contributed by atoms with E-state index < -0.39 is 17.9 Å². The number of ether oxygens (including phenoxy) is 6. The quantitative estimate of drug-likeness (QED) is 0.571. The highest BCUT2D eigenvalue weighted by Crippen LogP contribution is 2.55. The van der Waals surface area contributed by atoms with Crippen LogP contribution in [0.15, 0.2) is 18.2 Å². The summed E-state index contributed by atoms with van der Waals surface area (Å²) in [5, 5.41) is 30.9. The number of rotatable bonds is 8. The predicted molar refractivity (Wildman–Crippen MR) is 111 cm³/mol. The molecular weight excluding hydrogens is 408 g/mol. The highest BCUT2D eigenvalue weighted by atomic mass is 16.5. The molecule has 1 aliphatic rings. The van der Waals surface area contributed by atoms with Crippen molar-refractivity contribution in [1.82, 2.24) is 0 Å². The first-order valence-electron chi connectivity index (χ1n) is 9.65. The molecule has 0 aromatic heterocycles. The van der Waals surface area contributed by atoms with Gasteiger partial charge in [0.1, 0.15) is 11.9 Å². The van der Waals surface area contributed by atoms with Crippen molar-refractivity contribution in [3.05, 3.63) is 29.3 Å². The molecule has 0 saturated heterocycles. The van der Waals surface area contributed by atoms with Crippen LogP contribution in [-0.2, 0) is 0 Å². The van der Waals surface area contributed by atoms with Gasteiger partial charge in [-0.1, -0.05) is 0 Å². The maximum atomic E-state index is 10.7. The maximum Gasteiger partial charge on any atom is 0.203 e. The number of aliphatic hydroxyl groups excluding tert-OH is 2. The largest absolute Gasteiger partial charge is 0.502 e. The molecule has 0 spiro atoms. The van der Waals surface area contributed by atoms with E-state index in [1.807, 2.05) is 0 Å². The molecule has 1 aliphatic heterocycles. The lowest BCUT2D eigenvalue weighted by atomic mass is 9.75. The van der Waals surface area contributed by atoms with Crippen LogP contribution in [0.25, 0.3) is 0 Å². The van der Waals surface area contributed by atoms with Crippen molar-refractivity contribution in [3.63, 3.8) is 0 Å². The molecule has 170 valence electrons. The minimum Gasteiger partial charge on any atom is -0.502 e. The maximum absolute atomic E-state index is 10.7. The highest BCUT2D eigenvalue weighted by Gasteiger charge is 2.43. The zero-order chi connectivity index (χ0) is 22.7. The van der Waals surface area contributed by atoms with Crippen LogP contribution in [0.4, 0.5) is 0 Å². The third-order valence-corrected chi connectivity index (χ3v) is 5.58. The van der Waals surface area contributed by atoms with Gasteiger partial charge in [-0.05, 0) is 17.7 Å². The molecule has 9 nitrogen and oxygen atoms in total. The summed E-state index contributed by atoms with van der Waals surface area (Å²) in [4.78, 5) is 0. The number of phenols is 1. The van der Waals surface area contributed by atoms with Gasteiger partial charge in [0, 0.05) is 23.5 Å². The molecule has 2 aromatic carbocycles. The Labute approximate surface area is 180 Å². The van der Waals surface area contributed by atoms with Crippen LogP contribution in [0.2, 0.25) is 0 Å². The number of aromatic hydroxyl groups is 1. The second-order valence-corrected chi connectivity index (χ2v) is 6.99. The van der Waals surface area contributed by atoms with Crippen LogP contribution in [-0.4, -0.2) is 70.2 Å². The lowest BCUT2D eigenvalue weighted by Crippen LogP contribution is -2.41. The average Bonchev–Trinajstić information content (AvgIpc) is 2.81. The number of methoxy groups -OCH3 is 5. The molecule has 0 radical (unpaired) electrons. The van der Waals surface area contributed by atoms with Gasteiger partial charge in [0.05, 0.1) is 48.8 Å². The van der Waals surface area contributed by atoms with E-state index in [1.54, 1.807) is 12.1 Å². The Kier molecular flexibility index (Phi) is 6.87. The zero-order valence-corrected chi connectivity index (χ0v) is 18.2. The van der Waals surface area contributed by atoms with Gasteiger partial charge in [-0.25, -0.2) is 0 Å². The Balaban J connectivity index is 2.34. The fourth-order valence-electron chi connectivity index (χ4n) is 4.14. The summed E-state index contributed by atoms with van der Waals surface area (Å²) in [7, 11) is 7.37. The normalized spacial score (nSPS) is 19.8. The van der Waals surface area contributed by atoms with Crippen LogP contribution in [0.5, 0.6) is 40.2 Å². The summed E-state index contributed by atoms with van der Waals surface area (Å²) in [6.07, 6.45) is -0.708. The van der Waals surface area contributed by atoms with Gasteiger partial charge < -0.3 is 43.7 Å². The van der Waals surface area contributed by atoms with Crippen molar-refractivity contribution in [1.29, 1.82) is 0 Å². The smallest absolute Gasteiger partial charge is 0.203 e. The number of aliphatic hydroxyl groups is 2. The second kappa shape index (κ2) is 9.40. The molecule has 3 rings (SSSR count). The minimum atomic E-state index is -0.708. The third-order valence-electron chi connectivity index (χ3n) is 5.58. The van der Waals surface area contributed by atoms with Gasteiger partial charge in [0.15, 0.2) is 23.0 Å². The standard InChI is InChI=1S/C22H28O9/c1-26-14-8-13-19(22(30-5)20(14)25)18(12(9-23)17(10-24)31-13)11-6-15(27-2)21(29-4)16(7-11)28-3/h6-8,12,17-18,23-25H,9-10H2,1-5H3. The second-order valence-electron chi connectivity index (χ2n) is 6.99. The summed E-state index contributed by atoms with van der Waals surface area (Å²) in [6, 6.07) is 5.06. The fraction of sp³-hybridized carbons (Fsp3) is 0.455. The van der Waals surface area contributed by atoms with Gasteiger partial charge in [0.2, 0.25) is 11.5 Å². The van der Waals surface area contributed by atoms with Gasteiger partial charge in [-0.2, -0.15) is 0 Å². The Hall–Kier alpha value is -3.04. The van der Waals surface area contributed by atoms with Crippen molar-refractivity contribution in [3.8, 4) is 40.2 Å². The molecule has 0 fully saturated rings. The van der Waals surface area contributed by atoms with Gasteiger partial charge in [-0.15, -0.1) is 0 Å².